The van der Waals surface area contributed by atoms with E-state index in [0.29, 0.717) is 0 Å². The third-order valence-corrected chi connectivity index (χ3v) is 3.68. The lowest BCUT2D eigenvalue weighted by Gasteiger charge is -2.19. The number of sulfonamides is 1. The summed E-state index contributed by atoms with van der Waals surface area (Å²) in [5.41, 5.74) is -0.749. The molecule has 100 valence electrons. The van der Waals surface area contributed by atoms with Crippen LogP contribution < -0.4 is 4.72 Å². The molecule has 2 N–H and O–H groups in total. The lowest BCUT2D eigenvalue weighted by molar-refractivity contribution is 0.0692. The highest BCUT2D eigenvalue weighted by atomic mass is 32.2. The van der Waals surface area contributed by atoms with E-state index < -0.39 is 21.4 Å². The van der Waals surface area contributed by atoms with Crippen LogP contribution in [0, 0.1) is 5.41 Å². The summed E-state index contributed by atoms with van der Waals surface area (Å²) in [4.78, 5) is 14.5. The highest BCUT2D eigenvalue weighted by Gasteiger charge is 2.23. The molecular formula is C11H16N2O4S. The molecule has 0 spiro atoms. The number of aromatic nitrogens is 1. The zero-order valence-electron chi connectivity index (χ0n) is 10.5. The van der Waals surface area contributed by atoms with Crippen molar-refractivity contribution < 1.29 is 18.3 Å². The fourth-order valence-electron chi connectivity index (χ4n) is 1.43. The third-order valence-electron chi connectivity index (χ3n) is 1.90. The zero-order valence-corrected chi connectivity index (χ0v) is 11.3. The third kappa shape index (κ3) is 4.33. The summed E-state index contributed by atoms with van der Waals surface area (Å²) >= 11 is 0. The summed E-state index contributed by atoms with van der Waals surface area (Å²) in [7, 11) is -3.60. The second-order valence-electron chi connectivity index (χ2n) is 5.13. The highest BCUT2D eigenvalue weighted by Crippen LogP contribution is 2.20. The zero-order chi connectivity index (χ0) is 14.0. The molecule has 1 aromatic heterocycles. The number of hydrogen-bond donors (Lipinski definition) is 2. The minimum absolute atomic E-state index is 0.0192. The molecule has 0 unspecified atom stereocenters. The van der Waals surface area contributed by atoms with Gasteiger partial charge in [0.2, 0.25) is 10.0 Å². The molecule has 1 rings (SSSR count). The molecule has 0 aliphatic heterocycles. The molecule has 0 radical (unpaired) electrons. The summed E-state index contributed by atoms with van der Waals surface area (Å²) in [5.74, 6) is -1.38. The van der Waals surface area contributed by atoms with Crippen LogP contribution in [-0.2, 0) is 10.0 Å². The van der Waals surface area contributed by atoms with Crippen molar-refractivity contribution in [2.75, 3.05) is 10.5 Å². The number of carboxylic acids is 1. The molecule has 0 saturated carbocycles. The van der Waals surface area contributed by atoms with Crippen LogP contribution >= 0.6 is 0 Å². The van der Waals surface area contributed by atoms with Gasteiger partial charge in [-0.05, 0) is 17.5 Å². The first-order valence-corrected chi connectivity index (χ1v) is 6.95. The number of rotatable bonds is 4. The van der Waals surface area contributed by atoms with Gasteiger partial charge in [-0.3, -0.25) is 4.72 Å². The number of hydrogen-bond acceptors (Lipinski definition) is 4. The normalized spacial score (nSPS) is 12.2. The van der Waals surface area contributed by atoms with Gasteiger partial charge >= 0.3 is 5.97 Å². The fourth-order valence-corrected chi connectivity index (χ4v) is 3.14. The van der Waals surface area contributed by atoms with E-state index in [1.807, 2.05) is 0 Å². The van der Waals surface area contributed by atoms with Crippen LogP contribution in [0.1, 0.15) is 31.3 Å². The average Bonchev–Trinajstić information content (AvgIpc) is 2.13. The number of aromatic carboxylic acids is 1. The molecule has 0 bridgehead atoms. The van der Waals surface area contributed by atoms with E-state index >= 15 is 0 Å². The molecule has 0 atom stereocenters. The molecular weight excluding hydrogens is 256 g/mol. The van der Waals surface area contributed by atoms with Crippen molar-refractivity contribution in [3.05, 3.63) is 24.0 Å². The number of pyridine rings is 1. The second-order valence-corrected chi connectivity index (χ2v) is 6.85. The Kier molecular flexibility index (Phi) is 3.95. The van der Waals surface area contributed by atoms with Crippen LogP contribution in [0.2, 0.25) is 0 Å². The SMILES string of the molecule is CC(C)(C)CS(=O)(=O)Nc1cccnc1C(=O)O. The van der Waals surface area contributed by atoms with Crippen molar-refractivity contribution in [2.24, 2.45) is 5.41 Å². The van der Waals surface area contributed by atoms with Gasteiger partial charge in [-0.15, -0.1) is 0 Å². The van der Waals surface area contributed by atoms with E-state index in [2.05, 4.69) is 9.71 Å². The molecule has 7 heteroatoms. The first-order chi connectivity index (χ1) is 8.11. The Hall–Kier alpha value is -1.63. The first kappa shape index (κ1) is 14.4. The fraction of sp³-hybridized carbons (Fsp3) is 0.455. The van der Waals surface area contributed by atoms with Crippen LogP contribution in [0.4, 0.5) is 5.69 Å². The summed E-state index contributed by atoms with van der Waals surface area (Å²) < 4.78 is 26.0. The minimum atomic E-state index is -3.60. The number of carboxylic acid groups (broad SMARTS) is 1. The van der Waals surface area contributed by atoms with E-state index in [0.717, 1.165) is 0 Å². The number of nitrogens with zero attached hydrogens (tertiary/aromatic N) is 1. The van der Waals surface area contributed by atoms with Gasteiger partial charge in [-0.1, -0.05) is 20.8 Å². The Labute approximate surface area is 106 Å². The van der Waals surface area contributed by atoms with Crippen molar-refractivity contribution >= 4 is 21.7 Å². The van der Waals surface area contributed by atoms with Crippen LogP contribution in [0.15, 0.2) is 18.3 Å². The Morgan fingerprint density at radius 3 is 2.56 bits per heavy atom. The molecule has 6 nitrogen and oxygen atoms in total. The van der Waals surface area contributed by atoms with Crippen molar-refractivity contribution in [3.63, 3.8) is 0 Å². The van der Waals surface area contributed by atoms with Crippen LogP contribution in [0.25, 0.3) is 0 Å². The van der Waals surface area contributed by atoms with E-state index in [4.69, 9.17) is 5.11 Å². The molecule has 18 heavy (non-hydrogen) atoms. The van der Waals surface area contributed by atoms with E-state index in [1.165, 1.54) is 18.3 Å². The second kappa shape index (κ2) is 4.93. The molecule has 0 aliphatic carbocycles. The van der Waals surface area contributed by atoms with Gasteiger partial charge in [0.1, 0.15) is 0 Å². The average molecular weight is 272 g/mol. The topological polar surface area (TPSA) is 96.4 Å². The number of carbonyl (C=O) groups is 1. The predicted octanol–water partition coefficient (Wildman–Crippen LogP) is 1.57. The first-order valence-electron chi connectivity index (χ1n) is 5.29. The maximum Gasteiger partial charge on any atom is 0.356 e. The highest BCUT2D eigenvalue weighted by molar-refractivity contribution is 7.92. The summed E-state index contributed by atoms with van der Waals surface area (Å²) in [6, 6.07) is 2.85. The van der Waals surface area contributed by atoms with Gasteiger partial charge in [0.25, 0.3) is 0 Å². The maximum absolute atomic E-state index is 11.9. The van der Waals surface area contributed by atoms with Crippen molar-refractivity contribution in [1.29, 1.82) is 0 Å². The summed E-state index contributed by atoms with van der Waals surface area (Å²) in [6.07, 6.45) is 1.30. The lowest BCUT2D eigenvalue weighted by Crippen LogP contribution is -2.27. The number of anilines is 1. The van der Waals surface area contributed by atoms with Gasteiger partial charge in [0.15, 0.2) is 5.69 Å². The minimum Gasteiger partial charge on any atom is -0.476 e. The molecule has 0 fully saturated rings. The summed E-state index contributed by atoms with van der Waals surface area (Å²) in [6.45, 7) is 5.36. The van der Waals surface area contributed by atoms with Gasteiger partial charge < -0.3 is 5.11 Å². The largest absolute Gasteiger partial charge is 0.476 e. The van der Waals surface area contributed by atoms with Crippen LogP contribution in [-0.4, -0.2) is 30.2 Å². The Bertz CT molecular complexity index is 546. The molecule has 1 heterocycles. The van der Waals surface area contributed by atoms with Crippen LogP contribution in [0.3, 0.4) is 0 Å². The van der Waals surface area contributed by atoms with Crippen molar-refractivity contribution in [3.8, 4) is 0 Å². The molecule has 0 aliphatic rings. The monoisotopic (exact) mass is 272 g/mol. The molecule has 0 aromatic carbocycles. The van der Waals surface area contributed by atoms with Gasteiger partial charge in [0.05, 0.1) is 11.4 Å². The quantitative estimate of drug-likeness (QED) is 0.867. The smallest absolute Gasteiger partial charge is 0.356 e. The standard InChI is InChI=1S/C11H16N2O4S/c1-11(2,3)7-18(16,17)13-8-5-4-6-12-9(8)10(14)15/h4-6,13H,7H2,1-3H3,(H,14,15). The van der Waals surface area contributed by atoms with Gasteiger partial charge in [-0.25, -0.2) is 18.2 Å². The number of nitrogens with one attached hydrogen (secondary N) is 1. The van der Waals surface area contributed by atoms with Crippen LogP contribution in [0.5, 0.6) is 0 Å². The predicted molar refractivity (Wildman–Crippen MR) is 68.1 cm³/mol. The summed E-state index contributed by atoms with van der Waals surface area (Å²) in [5, 5.41) is 8.90. The van der Waals surface area contributed by atoms with E-state index in [-0.39, 0.29) is 17.1 Å². The Morgan fingerprint density at radius 2 is 2.06 bits per heavy atom. The lowest BCUT2D eigenvalue weighted by atomic mass is 10.0. The molecule has 0 amide bonds. The Balaban J connectivity index is 3.02. The van der Waals surface area contributed by atoms with E-state index in [9.17, 15) is 13.2 Å². The van der Waals surface area contributed by atoms with Crippen molar-refractivity contribution in [2.45, 2.75) is 20.8 Å². The van der Waals surface area contributed by atoms with Crippen molar-refractivity contribution in [1.82, 2.24) is 4.98 Å². The molecule has 0 saturated heterocycles. The maximum atomic E-state index is 11.9. The molecule has 1 aromatic rings. The Morgan fingerprint density at radius 1 is 1.44 bits per heavy atom. The van der Waals surface area contributed by atoms with E-state index in [1.54, 1.807) is 20.8 Å². The van der Waals surface area contributed by atoms with Gasteiger partial charge in [-0.2, -0.15) is 0 Å². The van der Waals surface area contributed by atoms with Gasteiger partial charge in [0, 0.05) is 6.20 Å².